The van der Waals surface area contributed by atoms with E-state index in [1.165, 1.54) is 21.5 Å². The van der Waals surface area contributed by atoms with Gasteiger partial charge in [-0.15, -0.1) is 0 Å². The van der Waals surface area contributed by atoms with Gasteiger partial charge in [-0.25, -0.2) is 4.98 Å². The van der Waals surface area contributed by atoms with Crippen LogP contribution in [0.15, 0.2) is 158 Å². The highest BCUT2D eigenvalue weighted by molar-refractivity contribution is 6.22. The molecular weight excluding hydrogens is 585 g/mol. The highest BCUT2D eigenvalue weighted by Gasteiger charge is 2.16. The Labute approximate surface area is 276 Å². The molecule has 0 bridgehead atoms. The Hall–Kier alpha value is -6.52. The Morgan fingerprint density at radius 2 is 0.958 bits per heavy atom. The third kappa shape index (κ3) is 4.03. The lowest BCUT2D eigenvalue weighted by atomic mass is 9.92. The predicted molar refractivity (Wildman–Crippen MR) is 199 cm³/mol. The van der Waals surface area contributed by atoms with Crippen molar-refractivity contribution in [3.63, 3.8) is 0 Å². The van der Waals surface area contributed by atoms with Gasteiger partial charge in [-0.1, -0.05) is 115 Å². The van der Waals surface area contributed by atoms with E-state index >= 15 is 0 Å². The molecule has 4 heteroatoms. The number of para-hydroxylation sites is 1. The minimum absolute atomic E-state index is 0.908. The van der Waals surface area contributed by atoms with Gasteiger partial charge < -0.3 is 0 Å². The van der Waals surface area contributed by atoms with Crippen LogP contribution < -0.4 is 0 Å². The minimum Gasteiger partial charge on any atom is -0.256 e. The highest BCUT2D eigenvalue weighted by Crippen LogP contribution is 2.40. The molecular formula is C44H26N4. The van der Waals surface area contributed by atoms with Gasteiger partial charge in [-0.3, -0.25) is 15.0 Å². The van der Waals surface area contributed by atoms with E-state index in [4.69, 9.17) is 15.0 Å². The summed E-state index contributed by atoms with van der Waals surface area (Å²) in [5.74, 6) is 0. The quantitative estimate of drug-likeness (QED) is 0.187. The monoisotopic (exact) mass is 610 g/mol. The maximum absolute atomic E-state index is 5.20. The molecule has 10 aromatic rings. The van der Waals surface area contributed by atoms with E-state index in [0.29, 0.717) is 0 Å². The van der Waals surface area contributed by atoms with Crippen molar-refractivity contribution in [2.75, 3.05) is 0 Å². The first-order chi connectivity index (χ1) is 23.8. The maximum atomic E-state index is 5.20. The molecule has 222 valence electrons. The minimum atomic E-state index is 0.908. The van der Waals surface area contributed by atoms with Crippen LogP contribution in [0, 0.1) is 0 Å². The second-order valence-electron chi connectivity index (χ2n) is 12.2. The van der Waals surface area contributed by atoms with Crippen molar-refractivity contribution >= 4 is 65.2 Å². The summed E-state index contributed by atoms with van der Waals surface area (Å²) in [5, 5.41) is 9.32. The average molecular weight is 611 g/mol. The van der Waals surface area contributed by atoms with Gasteiger partial charge >= 0.3 is 0 Å². The number of rotatable bonds is 3. The molecule has 6 aromatic carbocycles. The molecule has 48 heavy (non-hydrogen) atoms. The van der Waals surface area contributed by atoms with Gasteiger partial charge in [-0.2, -0.15) is 0 Å². The van der Waals surface area contributed by atoms with Crippen molar-refractivity contribution in [1.29, 1.82) is 0 Å². The summed E-state index contributed by atoms with van der Waals surface area (Å²) in [6.45, 7) is 0. The number of fused-ring (bicyclic) bond motifs is 9. The second-order valence-corrected chi connectivity index (χ2v) is 12.2. The fourth-order valence-electron chi connectivity index (χ4n) is 7.38. The van der Waals surface area contributed by atoms with Crippen molar-refractivity contribution in [3.8, 4) is 33.5 Å². The normalized spacial score (nSPS) is 11.8. The molecule has 0 amide bonds. The first kappa shape index (κ1) is 26.7. The molecule has 0 atom stereocenters. The standard InChI is InChI=1S/C44H26N4/c1-2-9-31-27(7-1)17-20-38-40(31)37-10-3-4-12-39(37)48-41(38)30-15-13-28(14-16-30)32-21-22-33(35-11-6-25-46-43(32)35)34-23-26-47-44-36(34)19-18-29-8-5-24-45-42(29)44/h1-26H. The maximum Gasteiger partial charge on any atom is 0.0970 e. The second kappa shape index (κ2) is 10.5. The zero-order valence-corrected chi connectivity index (χ0v) is 25.8. The lowest BCUT2D eigenvalue weighted by Gasteiger charge is -2.14. The number of pyridine rings is 4. The molecule has 0 fully saturated rings. The van der Waals surface area contributed by atoms with Crippen LogP contribution in [0.4, 0.5) is 0 Å². The van der Waals surface area contributed by atoms with Crippen molar-refractivity contribution in [1.82, 2.24) is 19.9 Å². The third-order valence-electron chi connectivity index (χ3n) is 9.60. The van der Waals surface area contributed by atoms with Crippen LogP contribution in [0.1, 0.15) is 0 Å². The van der Waals surface area contributed by atoms with Gasteiger partial charge in [-0.05, 0) is 51.7 Å². The summed E-state index contributed by atoms with van der Waals surface area (Å²) < 4.78 is 0. The van der Waals surface area contributed by atoms with Crippen molar-refractivity contribution in [2.24, 2.45) is 0 Å². The Bertz CT molecular complexity index is 2880. The average Bonchev–Trinajstić information content (AvgIpc) is 3.16. The van der Waals surface area contributed by atoms with Crippen LogP contribution >= 0.6 is 0 Å². The van der Waals surface area contributed by atoms with E-state index in [2.05, 4.69) is 132 Å². The fraction of sp³-hybridized carbons (Fsp3) is 0. The first-order valence-corrected chi connectivity index (χ1v) is 16.1. The van der Waals surface area contributed by atoms with E-state index < -0.39 is 0 Å². The Balaban J connectivity index is 1.12. The topological polar surface area (TPSA) is 51.6 Å². The van der Waals surface area contributed by atoms with E-state index in [1.807, 2.05) is 30.7 Å². The van der Waals surface area contributed by atoms with Gasteiger partial charge in [0.05, 0.1) is 27.8 Å². The van der Waals surface area contributed by atoms with Crippen LogP contribution in [-0.4, -0.2) is 19.9 Å². The highest BCUT2D eigenvalue weighted by atomic mass is 14.7. The molecule has 0 aliphatic heterocycles. The molecule has 10 rings (SSSR count). The van der Waals surface area contributed by atoms with Crippen LogP contribution in [0.25, 0.3) is 98.7 Å². The van der Waals surface area contributed by atoms with E-state index in [-0.39, 0.29) is 0 Å². The lowest BCUT2D eigenvalue weighted by Crippen LogP contribution is -1.92. The molecule has 0 aliphatic carbocycles. The van der Waals surface area contributed by atoms with E-state index in [1.54, 1.807) is 0 Å². The summed E-state index contributed by atoms with van der Waals surface area (Å²) in [4.78, 5) is 19.5. The zero-order chi connectivity index (χ0) is 31.6. The molecule has 4 heterocycles. The van der Waals surface area contributed by atoms with Gasteiger partial charge in [0, 0.05) is 62.0 Å². The molecule has 0 aliphatic rings. The molecule has 0 radical (unpaired) electrons. The molecule has 0 unspecified atom stereocenters. The van der Waals surface area contributed by atoms with Crippen LogP contribution in [0.3, 0.4) is 0 Å². The molecule has 0 saturated carbocycles. The van der Waals surface area contributed by atoms with Crippen molar-refractivity contribution in [2.45, 2.75) is 0 Å². The Kier molecular flexibility index (Phi) is 5.84. The van der Waals surface area contributed by atoms with Crippen LogP contribution in [0.5, 0.6) is 0 Å². The first-order valence-electron chi connectivity index (χ1n) is 16.1. The summed E-state index contributed by atoms with van der Waals surface area (Å²) in [6.07, 6.45) is 5.59. The molecule has 4 nitrogen and oxygen atoms in total. The van der Waals surface area contributed by atoms with Gasteiger partial charge in [0.2, 0.25) is 0 Å². The number of hydrogen-bond donors (Lipinski definition) is 0. The Morgan fingerprint density at radius 1 is 0.333 bits per heavy atom. The molecule has 0 spiro atoms. The van der Waals surface area contributed by atoms with Gasteiger partial charge in [0.1, 0.15) is 0 Å². The lowest BCUT2D eigenvalue weighted by molar-refractivity contribution is 1.37. The SMILES string of the molecule is c1ccc2c(c1)ccc1c(-c3ccc(-c4ccc(-c5ccnc6c5ccc5cccnc56)c5cccnc45)cc3)nc3ccccc3c12. The van der Waals surface area contributed by atoms with Crippen molar-refractivity contribution in [3.05, 3.63) is 158 Å². The van der Waals surface area contributed by atoms with Gasteiger partial charge in [0.15, 0.2) is 0 Å². The molecule has 0 N–H and O–H groups in total. The molecule has 0 saturated heterocycles. The zero-order valence-electron chi connectivity index (χ0n) is 25.8. The predicted octanol–water partition coefficient (Wildman–Crippen LogP) is 11.2. The number of nitrogens with zero attached hydrogens (tertiary/aromatic N) is 4. The smallest absolute Gasteiger partial charge is 0.0970 e. The fourth-order valence-corrected chi connectivity index (χ4v) is 7.38. The summed E-state index contributed by atoms with van der Waals surface area (Å²) in [7, 11) is 0. The summed E-state index contributed by atoms with van der Waals surface area (Å²) >= 11 is 0. The number of hydrogen-bond acceptors (Lipinski definition) is 4. The van der Waals surface area contributed by atoms with Crippen LogP contribution in [0.2, 0.25) is 0 Å². The largest absolute Gasteiger partial charge is 0.256 e. The molecule has 4 aromatic heterocycles. The van der Waals surface area contributed by atoms with E-state index in [9.17, 15) is 0 Å². The van der Waals surface area contributed by atoms with Crippen LogP contribution in [-0.2, 0) is 0 Å². The van der Waals surface area contributed by atoms with Crippen molar-refractivity contribution < 1.29 is 0 Å². The summed E-state index contributed by atoms with van der Waals surface area (Å²) in [5.41, 5.74) is 10.3. The summed E-state index contributed by atoms with van der Waals surface area (Å²) in [6, 6.07) is 49.3. The Morgan fingerprint density at radius 3 is 1.88 bits per heavy atom. The third-order valence-corrected chi connectivity index (χ3v) is 9.60. The van der Waals surface area contributed by atoms with Gasteiger partial charge in [0.25, 0.3) is 0 Å². The number of aromatic nitrogens is 4. The number of benzene rings is 6. The van der Waals surface area contributed by atoms with E-state index in [0.717, 1.165) is 77.1 Å².